The second-order valence-corrected chi connectivity index (χ2v) is 7.40. The molecule has 1 saturated heterocycles. The van der Waals surface area contributed by atoms with E-state index in [0.29, 0.717) is 11.4 Å². The maximum absolute atomic E-state index is 12.3. The fraction of sp³-hybridized carbons (Fsp3) is 0.409. The van der Waals surface area contributed by atoms with Crippen LogP contribution in [0.2, 0.25) is 0 Å². The quantitative estimate of drug-likeness (QED) is 0.763. The Balaban J connectivity index is 1.39. The minimum Gasteiger partial charge on any atom is -0.452 e. The van der Waals surface area contributed by atoms with Gasteiger partial charge < -0.3 is 20.3 Å². The van der Waals surface area contributed by atoms with Gasteiger partial charge in [0.25, 0.3) is 0 Å². The highest BCUT2D eigenvalue weighted by atomic mass is 16.5. The molecule has 2 aromatic rings. The Kier molecular flexibility index (Phi) is 7.62. The first-order chi connectivity index (χ1) is 14.5. The Morgan fingerprint density at radius 1 is 1.13 bits per heavy atom. The molecule has 1 aliphatic heterocycles. The number of hydrogen-bond acceptors (Lipinski definition) is 5. The van der Waals surface area contributed by atoms with Gasteiger partial charge in [0.05, 0.1) is 7.11 Å². The van der Waals surface area contributed by atoms with Gasteiger partial charge in [-0.05, 0) is 61.2 Å². The number of rotatable bonds is 6. The van der Waals surface area contributed by atoms with Crippen LogP contribution >= 0.6 is 0 Å². The number of nitrogens with one attached hydrogen (secondary N) is 2. The number of anilines is 2. The van der Waals surface area contributed by atoms with Crippen molar-refractivity contribution in [1.82, 2.24) is 15.2 Å². The van der Waals surface area contributed by atoms with E-state index in [0.717, 1.165) is 38.9 Å². The van der Waals surface area contributed by atoms with Crippen molar-refractivity contribution in [3.05, 3.63) is 54.4 Å². The van der Waals surface area contributed by atoms with Gasteiger partial charge in [-0.1, -0.05) is 0 Å². The summed E-state index contributed by atoms with van der Waals surface area (Å²) in [7, 11) is 2.97. The predicted octanol–water partition coefficient (Wildman–Crippen LogP) is 3.11. The molecule has 0 spiro atoms. The number of carbonyl (C=O) groups is 2. The molecule has 8 heteroatoms. The summed E-state index contributed by atoms with van der Waals surface area (Å²) in [6.45, 7) is 2.98. The molecule has 1 aromatic heterocycles. The van der Waals surface area contributed by atoms with Gasteiger partial charge >= 0.3 is 12.1 Å². The van der Waals surface area contributed by atoms with Gasteiger partial charge in [-0.15, -0.1) is 0 Å². The number of benzene rings is 1. The average Bonchev–Trinajstić information content (AvgIpc) is 2.78. The van der Waals surface area contributed by atoms with Crippen molar-refractivity contribution >= 4 is 23.5 Å². The third kappa shape index (κ3) is 6.18. The Hall–Kier alpha value is -3.13. The smallest absolute Gasteiger partial charge is 0.413 e. The lowest BCUT2D eigenvalue weighted by atomic mass is 10.0. The zero-order valence-electron chi connectivity index (χ0n) is 17.5. The Morgan fingerprint density at radius 3 is 2.43 bits per heavy atom. The summed E-state index contributed by atoms with van der Waals surface area (Å²) < 4.78 is 4.69. The van der Waals surface area contributed by atoms with Crippen LogP contribution in [-0.4, -0.2) is 61.8 Å². The zero-order valence-corrected chi connectivity index (χ0v) is 17.5. The monoisotopic (exact) mass is 411 g/mol. The third-order valence-electron chi connectivity index (χ3n) is 5.35. The van der Waals surface area contributed by atoms with Crippen LogP contribution in [0.25, 0.3) is 0 Å². The number of aromatic nitrogens is 1. The fourth-order valence-electron chi connectivity index (χ4n) is 3.50. The summed E-state index contributed by atoms with van der Waals surface area (Å²) in [6.07, 6.45) is 6.10. The summed E-state index contributed by atoms with van der Waals surface area (Å²) in [5, 5.41) is 5.91. The molecule has 160 valence electrons. The fourth-order valence-corrected chi connectivity index (χ4v) is 3.50. The maximum Gasteiger partial charge on any atom is 0.413 e. The minimum atomic E-state index is -0.444. The van der Waals surface area contributed by atoms with Crippen LogP contribution in [0, 0.1) is 0 Å². The van der Waals surface area contributed by atoms with Gasteiger partial charge in [-0.3, -0.25) is 9.88 Å². The highest BCUT2D eigenvalue weighted by Crippen LogP contribution is 2.18. The molecule has 0 radical (unpaired) electrons. The first-order valence-corrected chi connectivity index (χ1v) is 10.2. The first-order valence-electron chi connectivity index (χ1n) is 10.2. The van der Waals surface area contributed by atoms with E-state index in [-0.39, 0.29) is 12.1 Å². The van der Waals surface area contributed by atoms with E-state index in [9.17, 15) is 9.59 Å². The number of piperidine rings is 1. The lowest BCUT2D eigenvalue weighted by Gasteiger charge is -2.32. The molecular weight excluding hydrogens is 382 g/mol. The van der Waals surface area contributed by atoms with E-state index >= 15 is 0 Å². The van der Waals surface area contributed by atoms with Gasteiger partial charge in [0, 0.05) is 56.5 Å². The van der Waals surface area contributed by atoms with Crippen molar-refractivity contribution in [1.29, 1.82) is 0 Å². The Morgan fingerprint density at radius 2 is 1.80 bits per heavy atom. The van der Waals surface area contributed by atoms with Crippen LogP contribution < -0.4 is 15.5 Å². The summed E-state index contributed by atoms with van der Waals surface area (Å²) in [5.41, 5.74) is 2.66. The van der Waals surface area contributed by atoms with Crippen LogP contribution in [0.3, 0.4) is 0 Å². The molecule has 0 atom stereocenters. The normalized spacial score (nSPS) is 14.7. The van der Waals surface area contributed by atoms with Crippen LogP contribution in [-0.2, 0) is 11.2 Å². The largest absolute Gasteiger partial charge is 0.452 e. The highest BCUT2D eigenvalue weighted by Gasteiger charge is 2.20. The molecule has 1 fully saturated rings. The van der Waals surface area contributed by atoms with Crippen LogP contribution in [0.5, 0.6) is 0 Å². The van der Waals surface area contributed by atoms with E-state index in [1.807, 2.05) is 12.4 Å². The Bertz CT molecular complexity index is 820. The SMILES string of the molecule is COC(=O)N(C)c1ccc(NC(=O)NC2CCN(CCc3ccncc3)CC2)cc1. The summed E-state index contributed by atoms with van der Waals surface area (Å²) >= 11 is 0. The Labute approximate surface area is 177 Å². The number of pyridine rings is 1. The lowest BCUT2D eigenvalue weighted by molar-refractivity contribution is 0.180. The topological polar surface area (TPSA) is 86.8 Å². The minimum absolute atomic E-state index is 0.173. The van der Waals surface area contributed by atoms with E-state index < -0.39 is 6.09 Å². The van der Waals surface area contributed by atoms with Crippen molar-refractivity contribution in [2.45, 2.75) is 25.3 Å². The zero-order chi connectivity index (χ0) is 21.3. The van der Waals surface area contributed by atoms with Gasteiger partial charge in [0.1, 0.15) is 0 Å². The van der Waals surface area contributed by atoms with E-state index in [1.165, 1.54) is 17.6 Å². The standard InChI is InChI=1S/C22H29N5O3/c1-26(22(29)30-2)20-5-3-18(4-6-20)24-21(28)25-19-10-15-27(16-11-19)14-9-17-7-12-23-13-8-17/h3-8,12-13,19H,9-11,14-16H2,1-2H3,(H2,24,25,28). The molecule has 1 aliphatic rings. The number of carbonyl (C=O) groups excluding carboxylic acids is 2. The molecule has 30 heavy (non-hydrogen) atoms. The molecule has 0 unspecified atom stereocenters. The van der Waals surface area contributed by atoms with Crippen molar-refractivity contribution in [2.24, 2.45) is 0 Å². The number of likely N-dealkylation sites (tertiary alicyclic amines) is 1. The molecular formula is C22H29N5O3. The summed E-state index contributed by atoms with van der Waals surface area (Å²) in [6, 6.07) is 11.1. The summed E-state index contributed by atoms with van der Waals surface area (Å²) in [5.74, 6) is 0. The number of methoxy groups -OCH3 is 1. The number of amides is 3. The van der Waals surface area contributed by atoms with Gasteiger partial charge in [-0.2, -0.15) is 0 Å². The molecule has 1 aromatic carbocycles. The lowest BCUT2D eigenvalue weighted by Crippen LogP contribution is -2.46. The predicted molar refractivity (Wildman–Crippen MR) is 117 cm³/mol. The molecule has 0 aliphatic carbocycles. The average molecular weight is 412 g/mol. The van der Waals surface area contributed by atoms with Crippen molar-refractivity contribution in [3.63, 3.8) is 0 Å². The maximum atomic E-state index is 12.3. The van der Waals surface area contributed by atoms with E-state index in [2.05, 4.69) is 32.7 Å². The van der Waals surface area contributed by atoms with Gasteiger partial charge in [-0.25, -0.2) is 9.59 Å². The highest BCUT2D eigenvalue weighted by molar-refractivity contribution is 5.91. The first kappa shape index (κ1) is 21.6. The van der Waals surface area contributed by atoms with E-state index in [1.54, 1.807) is 31.3 Å². The third-order valence-corrected chi connectivity index (χ3v) is 5.35. The van der Waals surface area contributed by atoms with Crippen molar-refractivity contribution < 1.29 is 14.3 Å². The van der Waals surface area contributed by atoms with E-state index in [4.69, 9.17) is 4.74 Å². The van der Waals surface area contributed by atoms with Crippen LogP contribution in [0.4, 0.5) is 21.0 Å². The number of nitrogens with zero attached hydrogens (tertiary/aromatic N) is 3. The molecule has 8 nitrogen and oxygen atoms in total. The molecule has 2 heterocycles. The molecule has 0 bridgehead atoms. The van der Waals surface area contributed by atoms with Crippen LogP contribution in [0.15, 0.2) is 48.8 Å². The number of ether oxygens (including phenoxy) is 1. The molecule has 3 rings (SSSR count). The van der Waals surface area contributed by atoms with Crippen molar-refractivity contribution in [2.75, 3.05) is 44.0 Å². The van der Waals surface area contributed by atoms with Gasteiger partial charge in [0.2, 0.25) is 0 Å². The second kappa shape index (κ2) is 10.6. The van der Waals surface area contributed by atoms with Crippen molar-refractivity contribution in [3.8, 4) is 0 Å². The number of hydrogen-bond donors (Lipinski definition) is 2. The molecule has 0 saturated carbocycles. The number of urea groups is 1. The second-order valence-electron chi connectivity index (χ2n) is 7.40. The molecule has 2 N–H and O–H groups in total. The summed E-state index contributed by atoms with van der Waals surface area (Å²) in [4.78, 5) is 31.8. The van der Waals surface area contributed by atoms with Crippen LogP contribution in [0.1, 0.15) is 18.4 Å². The van der Waals surface area contributed by atoms with Gasteiger partial charge in [0.15, 0.2) is 0 Å². The molecule has 3 amide bonds.